The molecule has 0 saturated carbocycles. The molecule has 1 heterocycles. The van der Waals surface area contributed by atoms with Crippen molar-refractivity contribution in [2.45, 2.75) is 56.4 Å². The molecular weight excluding hydrogens is 232 g/mol. The number of carboxylic acid groups (broad SMARTS) is 1. The monoisotopic (exact) mass is 250 g/mol. The van der Waals surface area contributed by atoms with Crippen LogP contribution in [0, 0.1) is 0 Å². The standard InChI is InChI=1S/C10H18O7/c1-4-8(14)10(16)9(15)6(17-4)2-5(11)3-7(12)13/h4-6,8-11,14-16H,2-3H2,1H3,(H,12,13)/t4-,5?,6-,8+,9+,10+/m0/s1. The molecule has 7 nitrogen and oxygen atoms in total. The number of rotatable bonds is 4. The minimum Gasteiger partial charge on any atom is -0.481 e. The van der Waals surface area contributed by atoms with Crippen molar-refractivity contribution < 1.29 is 35.1 Å². The van der Waals surface area contributed by atoms with Gasteiger partial charge in [-0.1, -0.05) is 0 Å². The summed E-state index contributed by atoms with van der Waals surface area (Å²) >= 11 is 0. The third-order valence-electron chi connectivity index (χ3n) is 2.87. The van der Waals surface area contributed by atoms with E-state index in [0.717, 1.165) is 0 Å². The van der Waals surface area contributed by atoms with Crippen molar-refractivity contribution in [2.24, 2.45) is 0 Å². The van der Waals surface area contributed by atoms with E-state index in [1.807, 2.05) is 0 Å². The molecule has 0 amide bonds. The molecule has 0 radical (unpaired) electrons. The van der Waals surface area contributed by atoms with Crippen LogP contribution in [0.15, 0.2) is 0 Å². The zero-order valence-corrected chi connectivity index (χ0v) is 9.43. The summed E-state index contributed by atoms with van der Waals surface area (Å²) in [6, 6.07) is 0. The van der Waals surface area contributed by atoms with Crippen LogP contribution in [-0.4, -0.2) is 68.1 Å². The average Bonchev–Trinajstić information content (AvgIpc) is 2.21. The van der Waals surface area contributed by atoms with E-state index in [2.05, 4.69) is 0 Å². The molecule has 7 heteroatoms. The molecule has 0 spiro atoms. The van der Waals surface area contributed by atoms with Crippen LogP contribution in [0.25, 0.3) is 0 Å². The Labute approximate surface area is 98.3 Å². The summed E-state index contributed by atoms with van der Waals surface area (Å²) in [7, 11) is 0. The number of aliphatic hydroxyl groups is 4. The largest absolute Gasteiger partial charge is 0.481 e. The minimum atomic E-state index is -1.36. The number of aliphatic carboxylic acids is 1. The second kappa shape index (κ2) is 5.74. The first-order valence-electron chi connectivity index (χ1n) is 5.42. The Kier molecular flexibility index (Phi) is 4.84. The van der Waals surface area contributed by atoms with Crippen molar-refractivity contribution >= 4 is 5.97 Å². The highest BCUT2D eigenvalue weighted by Gasteiger charge is 2.42. The van der Waals surface area contributed by atoms with E-state index in [0.29, 0.717) is 0 Å². The fraction of sp³-hybridized carbons (Fsp3) is 0.900. The van der Waals surface area contributed by atoms with E-state index in [1.165, 1.54) is 6.92 Å². The van der Waals surface area contributed by atoms with E-state index < -0.39 is 49.0 Å². The molecule has 1 aliphatic heterocycles. The summed E-state index contributed by atoms with van der Waals surface area (Å²) in [5.74, 6) is -1.16. The number of carbonyl (C=O) groups is 1. The number of hydrogen-bond donors (Lipinski definition) is 5. The van der Waals surface area contributed by atoms with Gasteiger partial charge >= 0.3 is 5.97 Å². The molecule has 1 aliphatic rings. The Morgan fingerprint density at radius 3 is 2.35 bits per heavy atom. The van der Waals surface area contributed by atoms with Gasteiger partial charge in [-0.3, -0.25) is 4.79 Å². The summed E-state index contributed by atoms with van der Waals surface area (Å²) in [5.41, 5.74) is 0. The van der Waals surface area contributed by atoms with Gasteiger partial charge in [0.1, 0.15) is 18.3 Å². The van der Waals surface area contributed by atoms with Crippen LogP contribution in [-0.2, 0) is 9.53 Å². The highest BCUT2D eigenvalue weighted by molar-refractivity contribution is 5.67. The second-order valence-electron chi connectivity index (χ2n) is 4.34. The van der Waals surface area contributed by atoms with Gasteiger partial charge in [0.15, 0.2) is 0 Å². The molecule has 0 bridgehead atoms. The van der Waals surface area contributed by atoms with Crippen molar-refractivity contribution in [2.75, 3.05) is 0 Å². The quantitative estimate of drug-likeness (QED) is 0.393. The summed E-state index contributed by atoms with van der Waals surface area (Å²) in [6.07, 6.45) is -7.21. The maximum atomic E-state index is 10.4. The summed E-state index contributed by atoms with van der Waals surface area (Å²) < 4.78 is 5.22. The van der Waals surface area contributed by atoms with Crippen LogP contribution in [0.4, 0.5) is 0 Å². The lowest BCUT2D eigenvalue weighted by molar-refractivity contribution is -0.222. The normalized spacial score (nSPS) is 39.9. The minimum absolute atomic E-state index is 0.110. The van der Waals surface area contributed by atoms with Gasteiger partial charge in [0.05, 0.1) is 24.7 Å². The highest BCUT2D eigenvalue weighted by atomic mass is 16.5. The van der Waals surface area contributed by atoms with Gasteiger partial charge in [-0.15, -0.1) is 0 Å². The van der Waals surface area contributed by atoms with E-state index >= 15 is 0 Å². The van der Waals surface area contributed by atoms with E-state index in [9.17, 15) is 25.2 Å². The van der Waals surface area contributed by atoms with Crippen molar-refractivity contribution in [3.63, 3.8) is 0 Å². The second-order valence-corrected chi connectivity index (χ2v) is 4.34. The zero-order chi connectivity index (χ0) is 13.2. The molecular formula is C10H18O7. The summed E-state index contributed by atoms with van der Waals surface area (Å²) in [5, 5.41) is 46.4. The fourth-order valence-corrected chi connectivity index (χ4v) is 1.88. The molecule has 100 valence electrons. The molecule has 0 aromatic carbocycles. The highest BCUT2D eigenvalue weighted by Crippen LogP contribution is 2.24. The maximum absolute atomic E-state index is 10.4. The molecule has 1 saturated heterocycles. The van der Waals surface area contributed by atoms with Crippen LogP contribution in [0.1, 0.15) is 19.8 Å². The molecule has 1 fully saturated rings. The molecule has 0 aromatic rings. The third kappa shape index (κ3) is 3.62. The van der Waals surface area contributed by atoms with Crippen molar-refractivity contribution in [1.82, 2.24) is 0 Å². The first kappa shape index (κ1) is 14.3. The molecule has 0 aromatic heterocycles. The fourth-order valence-electron chi connectivity index (χ4n) is 1.88. The maximum Gasteiger partial charge on any atom is 0.305 e. The van der Waals surface area contributed by atoms with Crippen LogP contribution >= 0.6 is 0 Å². The van der Waals surface area contributed by atoms with Crippen LogP contribution in [0.3, 0.4) is 0 Å². The summed E-state index contributed by atoms with van der Waals surface area (Å²) in [6.45, 7) is 1.52. The van der Waals surface area contributed by atoms with Gasteiger partial charge in [-0.25, -0.2) is 0 Å². The number of carboxylic acids is 1. The molecule has 17 heavy (non-hydrogen) atoms. The van der Waals surface area contributed by atoms with Crippen molar-refractivity contribution in [3.8, 4) is 0 Å². The van der Waals surface area contributed by atoms with E-state index in [-0.39, 0.29) is 6.42 Å². The Balaban J connectivity index is 2.56. The molecule has 0 aliphatic carbocycles. The number of aliphatic hydroxyl groups excluding tert-OH is 4. The van der Waals surface area contributed by atoms with E-state index in [4.69, 9.17) is 9.84 Å². The molecule has 6 atom stereocenters. The molecule has 1 unspecified atom stereocenters. The number of ether oxygens (including phenoxy) is 1. The van der Waals surface area contributed by atoms with Gasteiger partial charge in [0.25, 0.3) is 0 Å². The molecule has 1 rings (SSSR count). The van der Waals surface area contributed by atoms with Crippen molar-refractivity contribution in [3.05, 3.63) is 0 Å². The Hall–Kier alpha value is -0.730. The topological polar surface area (TPSA) is 127 Å². The van der Waals surface area contributed by atoms with Crippen LogP contribution < -0.4 is 0 Å². The first-order chi connectivity index (χ1) is 7.82. The smallest absolute Gasteiger partial charge is 0.305 e. The lowest BCUT2D eigenvalue weighted by Gasteiger charge is -2.40. The van der Waals surface area contributed by atoms with Gasteiger partial charge in [0, 0.05) is 6.42 Å². The lowest BCUT2D eigenvalue weighted by atomic mass is 9.92. The lowest BCUT2D eigenvalue weighted by Crippen LogP contribution is -2.57. The zero-order valence-electron chi connectivity index (χ0n) is 9.43. The Morgan fingerprint density at radius 2 is 1.82 bits per heavy atom. The average molecular weight is 250 g/mol. The van der Waals surface area contributed by atoms with Crippen molar-refractivity contribution in [1.29, 1.82) is 0 Å². The first-order valence-corrected chi connectivity index (χ1v) is 5.42. The summed E-state index contributed by atoms with van der Waals surface area (Å²) in [4.78, 5) is 10.4. The Morgan fingerprint density at radius 1 is 1.24 bits per heavy atom. The predicted octanol–water partition coefficient (Wildman–Crippen LogP) is -1.92. The third-order valence-corrected chi connectivity index (χ3v) is 2.87. The van der Waals surface area contributed by atoms with E-state index in [1.54, 1.807) is 0 Å². The van der Waals surface area contributed by atoms with Crippen LogP contribution in [0.5, 0.6) is 0 Å². The Bertz CT molecular complexity index is 269. The molecule has 5 N–H and O–H groups in total. The van der Waals surface area contributed by atoms with Crippen LogP contribution in [0.2, 0.25) is 0 Å². The van der Waals surface area contributed by atoms with Gasteiger partial charge < -0.3 is 30.3 Å². The van der Waals surface area contributed by atoms with Gasteiger partial charge in [-0.2, -0.15) is 0 Å². The number of hydrogen-bond acceptors (Lipinski definition) is 6. The van der Waals surface area contributed by atoms with Gasteiger partial charge in [-0.05, 0) is 6.92 Å². The van der Waals surface area contributed by atoms with Gasteiger partial charge in [0.2, 0.25) is 0 Å². The SMILES string of the molecule is C[C@@H]1O[C@@H](CC(O)CC(=O)O)[C@@H](O)[C@H](O)[C@@H]1O. The predicted molar refractivity (Wildman–Crippen MR) is 55.2 cm³/mol.